The van der Waals surface area contributed by atoms with E-state index >= 15 is 0 Å². The lowest BCUT2D eigenvalue weighted by Crippen LogP contribution is -2.44. The number of aromatic nitrogens is 1. The number of rotatable bonds is 1. The van der Waals surface area contributed by atoms with E-state index in [2.05, 4.69) is 18.8 Å². The van der Waals surface area contributed by atoms with E-state index in [1.807, 2.05) is 11.8 Å². The number of hydrogen-bond acceptors (Lipinski definition) is 4. The van der Waals surface area contributed by atoms with Crippen LogP contribution < -0.4 is 5.73 Å². The second-order valence-corrected chi connectivity index (χ2v) is 6.44. The molecule has 2 unspecified atom stereocenters. The number of amides is 1. The Morgan fingerprint density at radius 3 is 2.72 bits per heavy atom. The highest BCUT2D eigenvalue weighted by Crippen LogP contribution is 2.26. The summed E-state index contributed by atoms with van der Waals surface area (Å²) in [5, 5.41) is 0.751. The minimum absolute atomic E-state index is 0.0833. The topological polar surface area (TPSA) is 59.2 Å². The number of halogens is 1. The first-order valence-electron chi connectivity index (χ1n) is 5.83. The maximum Gasteiger partial charge on any atom is 0.257 e. The molecule has 1 aliphatic rings. The Morgan fingerprint density at radius 1 is 1.50 bits per heavy atom. The summed E-state index contributed by atoms with van der Waals surface area (Å²) in [6.45, 7) is 5.47. The summed E-state index contributed by atoms with van der Waals surface area (Å²) in [4.78, 5) is 17.7. The maximum absolute atomic E-state index is 13.1. The fourth-order valence-corrected chi connectivity index (χ4v) is 3.46. The summed E-state index contributed by atoms with van der Waals surface area (Å²) in [6, 6.07) is 1.15. The van der Waals surface area contributed by atoms with Crippen LogP contribution in [-0.2, 0) is 0 Å². The zero-order valence-corrected chi connectivity index (χ0v) is 11.2. The minimum Gasteiger partial charge on any atom is -0.383 e. The van der Waals surface area contributed by atoms with Crippen LogP contribution in [0.1, 0.15) is 24.2 Å². The number of thioether (sulfide) groups is 1. The van der Waals surface area contributed by atoms with Gasteiger partial charge >= 0.3 is 0 Å². The van der Waals surface area contributed by atoms with Crippen LogP contribution in [0.15, 0.2) is 12.3 Å². The molecule has 98 valence electrons. The Bertz CT molecular complexity index is 459. The molecular formula is C12H16FN3OS. The number of anilines is 1. The molecule has 4 nitrogen and oxygen atoms in total. The molecule has 0 bridgehead atoms. The van der Waals surface area contributed by atoms with Crippen molar-refractivity contribution in [2.75, 3.05) is 18.8 Å². The van der Waals surface area contributed by atoms with Gasteiger partial charge in [0.15, 0.2) is 0 Å². The molecule has 1 amide bonds. The van der Waals surface area contributed by atoms with E-state index in [4.69, 9.17) is 5.73 Å². The first-order chi connectivity index (χ1) is 8.47. The summed E-state index contributed by atoms with van der Waals surface area (Å²) in [7, 11) is 0. The van der Waals surface area contributed by atoms with Crippen molar-refractivity contribution in [2.24, 2.45) is 0 Å². The Hall–Kier alpha value is -1.30. The lowest BCUT2D eigenvalue weighted by Gasteiger charge is -2.34. The van der Waals surface area contributed by atoms with Crippen LogP contribution in [-0.4, -0.2) is 39.4 Å². The molecule has 0 saturated carbocycles. The van der Waals surface area contributed by atoms with Crippen LogP contribution in [0.25, 0.3) is 0 Å². The number of carbonyl (C=O) groups is 1. The first kappa shape index (κ1) is 13.1. The smallest absolute Gasteiger partial charge is 0.257 e. The Kier molecular flexibility index (Phi) is 3.75. The second-order valence-electron chi connectivity index (χ2n) is 4.55. The zero-order valence-electron chi connectivity index (χ0n) is 10.4. The third-order valence-electron chi connectivity index (χ3n) is 2.82. The number of pyridine rings is 1. The van der Waals surface area contributed by atoms with Crippen molar-refractivity contribution in [3.05, 3.63) is 23.6 Å². The van der Waals surface area contributed by atoms with Crippen LogP contribution in [0.2, 0.25) is 0 Å². The van der Waals surface area contributed by atoms with Gasteiger partial charge in [-0.1, -0.05) is 13.8 Å². The summed E-state index contributed by atoms with van der Waals surface area (Å²) in [6.07, 6.45) is 1.02. The number of nitrogens with zero attached hydrogens (tertiary/aromatic N) is 2. The fraction of sp³-hybridized carbons (Fsp3) is 0.500. The van der Waals surface area contributed by atoms with Gasteiger partial charge in [-0.05, 0) is 6.07 Å². The number of carbonyl (C=O) groups excluding carboxylic acids is 1. The van der Waals surface area contributed by atoms with Crippen molar-refractivity contribution < 1.29 is 9.18 Å². The van der Waals surface area contributed by atoms with Gasteiger partial charge in [0.25, 0.3) is 5.91 Å². The molecule has 1 aromatic heterocycles. The number of nitrogens with two attached hydrogens (primary N) is 1. The quantitative estimate of drug-likeness (QED) is 0.844. The van der Waals surface area contributed by atoms with Gasteiger partial charge in [-0.2, -0.15) is 11.8 Å². The molecule has 0 aliphatic carbocycles. The average molecular weight is 269 g/mol. The molecule has 6 heteroatoms. The summed E-state index contributed by atoms with van der Waals surface area (Å²) in [5.41, 5.74) is 5.79. The summed E-state index contributed by atoms with van der Waals surface area (Å²) in [5.74, 6) is -0.696. The maximum atomic E-state index is 13.1. The molecule has 2 rings (SSSR count). The van der Waals surface area contributed by atoms with Crippen molar-refractivity contribution in [1.82, 2.24) is 9.88 Å². The monoisotopic (exact) mass is 269 g/mol. The molecule has 0 radical (unpaired) electrons. The molecule has 2 N–H and O–H groups in total. The minimum atomic E-state index is -0.542. The SMILES string of the molecule is CC1CN(C(=O)c2cc(F)cnc2N)CC(C)S1. The predicted molar refractivity (Wildman–Crippen MR) is 71.0 cm³/mol. The third kappa shape index (κ3) is 2.75. The highest BCUT2D eigenvalue weighted by molar-refractivity contribution is 8.00. The van der Waals surface area contributed by atoms with Crippen LogP contribution >= 0.6 is 11.8 Å². The molecule has 1 aliphatic heterocycles. The van der Waals surface area contributed by atoms with E-state index in [1.54, 1.807) is 4.90 Å². The van der Waals surface area contributed by atoms with Gasteiger partial charge in [-0.3, -0.25) is 4.79 Å². The average Bonchev–Trinajstić information content (AvgIpc) is 2.30. The number of nitrogen functional groups attached to an aromatic ring is 1. The van der Waals surface area contributed by atoms with E-state index in [1.165, 1.54) is 0 Å². The molecule has 0 spiro atoms. The van der Waals surface area contributed by atoms with E-state index in [9.17, 15) is 9.18 Å². The van der Waals surface area contributed by atoms with Crippen molar-refractivity contribution in [1.29, 1.82) is 0 Å². The Labute approximate surface area is 110 Å². The normalized spacial score (nSPS) is 24.1. The molecule has 18 heavy (non-hydrogen) atoms. The van der Waals surface area contributed by atoms with Gasteiger partial charge in [0.2, 0.25) is 0 Å². The lowest BCUT2D eigenvalue weighted by atomic mass is 10.2. The van der Waals surface area contributed by atoms with Gasteiger partial charge < -0.3 is 10.6 Å². The Morgan fingerprint density at radius 2 is 2.11 bits per heavy atom. The van der Waals surface area contributed by atoms with Crippen molar-refractivity contribution in [3.63, 3.8) is 0 Å². The number of hydrogen-bond donors (Lipinski definition) is 1. The molecule has 2 atom stereocenters. The molecule has 0 aromatic carbocycles. The standard InChI is InChI=1S/C12H16FN3OS/c1-7-5-16(6-8(2)18-7)12(17)10-3-9(13)4-15-11(10)14/h3-4,7-8H,5-6H2,1-2H3,(H2,14,15). The van der Waals surface area contributed by atoms with E-state index in [0.717, 1.165) is 12.3 Å². The van der Waals surface area contributed by atoms with Crippen molar-refractivity contribution in [2.45, 2.75) is 24.3 Å². The van der Waals surface area contributed by atoms with Gasteiger partial charge in [0, 0.05) is 23.6 Å². The van der Waals surface area contributed by atoms with Gasteiger partial charge in [-0.15, -0.1) is 0 Å². The molecule has 1 aromatic rings. The highest BCUT2D eigenvalue weighted by atomic mass is 32.2. The zero-order chi connectivity index (χ0) is 13.3. The van der Waals surface area contributed by atoms with Crippen LogP contribution in [0.5, 0.6) is 0 Å². The van der Waals surface area contributed by atoms with Crippen molar-refractivity contribution in [3.8, 4) is 0 Å². The molecule has 1 fully saturated rings. The van der Waals surface area contributed by atoms with Crippen LogP contribution in [0, 0.1) is 5.82 Å². The molecule has 1 saturated heterocycles. The lowest BCUT2D eigenvalue weighted by molar-refractivity contribution is 0.0753. The largest absolute Gasteiger partial charge is 0.383 e. The predicted octanol–water partition coefficient (Wildman–Crippen LogP) is 1.77. The molecular weight excluding hydrogens is 253 g/mol. The Balaban J connectivity index is 2.22. The summed E-state index contributed by atoms with van der Waals surface area (Å²) < 4.78 is 13.1. The highest BCUT2D eigenvalue weighted by Gasteiger charge is 2.27. The molecule has 2 heterocycles. The first-order valence-corrected chi connectivity index (χ1v) is 6.77. The van der Waals surface area contributed by atoms with E-state index < -0.39 is 5.82 Å². The third-order valence-corrected chi connectivity index (χ3v) is 4.05. The van der Waals surface area contributed by atoms with Crippen LogP contribution in [0.3, 0.4) is 0 Å². The summed E-state index contributed by atoms with van der Waals surface area (Å²) >= 11 is 1.85. The second kappa shape index (κ2) is 5.14. The van der Waals surface area contributed by atoms with Gasteiger partial charge in [0.1, 0.15) is 11.6 Å². The fourth-order valence-electron chi connectivity index (χ4n) is 2.14. The van der Waals surface area contributed by atoms with Gasteiger partial charge in [0.05, 0.1) is 11.8 Å². The van der Waals surface area contributed by atoms with E-state index in [-0.39, 0.29) is 17.3 Å². The van der Waals surface area contributed by atoms with Crippen LogP contribution in [0.4, 0.5) is 10.2 Å². The van der Waals surface area contributed by atoms with Crippen molar-refractivity contribution >= 4 is 23.5 Å². The van der Waals surface area contributed by atoms with E-state index in [0.29, 0.717) is 23.6 Å². The van der Waals surface area contributed by atoms with Gasteiger partial charge in [-0.25, -0.2) is 9.37 Å².